The minimum atomic E-state index is -2.62. The summed E-state index contributed by atoms with van der Waals surface area (Å²) in [7, 11) is 0. The largest absolute Gasteiger partial charge is 0.371 e. The minimum Gasteiger partial charge on any atom is -0.371 e. The monoisotopic (exact) mass is 187 g/mol. The Hall–Kier alpha value is 0.0700. The first-order valence-corrected chi connectivity index (χ1v) is 3.33. The number of hydrogen-bond acceptors (Lipinski definition) is 2. The molecule has 0 saturated carbocycles. The fraction of sp³-hybridized carbons (Fsp3) is 1.00. The van der Waals surface area contributed by atoms with Crippen molar-refractivity contribution in [1.82, 2.24) is 0 Å². The Morgan fingerprint density at radius 2 is 2.18 bits per heavy atom. The molecule has 1 heterocycles. The van der Waals surface area contributed by atoms with E-state index in [0.29, 0.717) is 13.0 Å². The van der Waals surface area contributed by atoms with Gasteiger partial charge in [0.15, 0.2) is 0 Å². The van der Waals surface area contributed by atoms with Crippen LogP contribution in [0.5, 0.6) is 0 Å². The van der Waals surface area contributed by atoms with Gasteiger partial charge in [0.1, 0.15) is 6.61 Å². The Morgan fingerprint density at radius 3 is 2.55 bits per heavy atom. The molecule has 0 spiro atoms. The molecule has 1 unspecified atom stereocenters. The normalized spacial score (nSPS) is 29.2. The maximum atomic E-state index is 12.3. The van der Waals surface area contributed by atoms with E-state index in [1.54, 1.807) is 0 Å². The van der Waals surface area contributed by atoms with Gasteiger partial charge >= 0.3 is 0 Å². The number of rotatable bonds is 1. The summed E-state index contributed by atoms with van der Waals surface area (Å²) in [5, 5.41) is 0. The van der Waals surface area contributed by atoms with E-state index in [1.165, 1.54) is 0 Å². The zero-order chi connectivity index (χ0) is 7.61. The fourth-order valence-corrected chi connectivity index (χ4v) is 0.953. The van der Waals surface area contributed by atoms with Crippen molar-refractivity contribution in [2.45, 2.75) is 24.9 Å². The van der Waals surface area contributed by atoms with Crippen LogP contribution in [-0.2, 0) is 4.74 Å². The molecule has 1 saturated heterocycles. The topological polar surface area (TPSA) is 35.2 Å². The molecule has 0 aromatic rings. The molecule has 68 valence electrons. The lowest BCUT2D eigenvalue weighted by atomic mass is 10.1. The van der Waals surface area contributed by atoms with Gasteiger partial charge in [0.05, 0.1) is 6.10 Å². The van der Waals surface area contributed by atoms with E-state index in [0.717, 1.165) is 0 Å². The van der Waals surface area contributed by atoms with Gasteiger partial charge in [0, 0.05) is 13.0 Å². The number of ether oxygens (including phenoxy) is 1. The van der Waals surface area contributed by atoms with Crippen LogP contribution in [-0.4, -0.2) is 25.2 Å². The minimum absolute atomic E-state index is 0. The van der Waals surface area contributed by atoms with Gasteiger partial charge in [-0.05, 0) is 6.42 Å². The average Bonchev–Trinajstić information content (AvgIpc) is 1.88. The first-order valence-electron chi connectivity index (χ1n) is 3.33. The summed E-state index contributed by atoms with van der Waals surface area (Å²) < 4.78 is 29.5. The molecule has 1 fully saturated rings. The maximum absolute atomic E-state index is 12.3. The molecule has 11 heavy (non-hydrogen) atoms. The van der Waals surface area contributed by atoms with Crippen molar-refractivity contribution >= 4 is 12.4 Å². The van der Waals surface area contributed by atoms with Gasteiger partial charge in [0.2, 0.25) is 0 Å². The van der Waals surface area contributed by atoms with Crippen LogP contribution in [0.4, 0.5) is 8.78 Å². The summed E-state index contributed by atoms with van der Waals surface area (Å²) in [5.41, 5.74) is 5.22. The van der Waals surface area contributed by atoms with Crippen LogP contribution in [0.25, 0.3) is 0 Å². The van der Waals surface area contributed by atoms with Crippen molar-refractivity contribution < 1.29 is 13.5 Å². The van der Waals surface area contributed by atoms with E-state index in [2.05, 4.69) is 0 Å². The lowest BCUT2D eigenvalue weighted by Crippen LogP contribution is -2.38. The first kappa shape index (κ1) is 11.1. The number of nitrogens with two attached hydrogens (primary N) is 1. The maximum Gasteiger partial charge on any atom is 0.271 e. The molecule has 0 aromatic carbocycles. The second kappa shape index (κ2) is 4.18. The predicted octanol–water partition coefficient (Wildman–Crippen LogP) is 1.18. The molecular formula is C6H12ClF2NO. The molecule has 1 atom stereocenters. The van der Waals surface area contributed by atoms with Crippen LogP contribution in [0.1, 0.15) is 12.8 Å². The Bertz CT molecular complexity index is 113. The molecule has 0 aromatic heterocycles. The average molecular weight is 188 g/mol. The fourth-order valence-electron chi connectivity index (χ4n) is 0.953. The first-order chi connectivity index (χ1) is 4.64. The predicted molar refractivity (Wildman–Crippen MR) is 40.2 cm³/mol. The molecule has 5 heteroatoms. The van der Waals surface area contributed by atoms with Crippen molar-refractivity contribution in [2.75, 3.05) is 13.2 Å². The Kier molecular flexibility index (Phi) is 4.21. The summed E-state index contributed by atoms with van der Waals surface area (Å²) in [6.07, 6.45) is 0.137. The molecule has 1 aliphatic heterocycles. The second-order valence-corrected chi connectivity index (χ2v) is 2.56. The summed E-state index contributed by atoms with van der Waals surface area (Å²) in [6.45, 7) is -0.120. The highest BCUT2D eigenvalue weighted by atomic mass is 35.5. The van der Waals surface area contributed by atoms with Gasteiger partial charge in [0.25, 0.3) is 5.92 Å². The highest BCUT2D eigenvalue weighted by molar-refractivity contribution is 5.85. The van der Waals surface area contributed by atoms with Crippen LogP contribution in [0.3, 0.4) is 0 Å². The van der Waals surface area contributed by atoms with E-state index >= 15 is 0 Å². The van der Waals surface area contributed by atoms with Crippen molar-refractivity contribution in [2.24, 2.45) is 5.73 Å². The third kappa shape index (κ3) is 3.31. The zero-order valence-electron chi connectivity index (χ0n) is 6.06. The summed E-state index contributed by atoms with van der Waals surface area (Å²) in [5.74, 6) is -2.62. The standard InChI is InChI=1S/C6H11F2NO.ClH/c7-6(8)2-1-5(3-9)10-4-6;/h5H,1-4,9H2;1H. The van der Waals surface area contributed by atoms with Gasteiger partial charge in [-0.25, -0.2) is 8.78 Å². The lowest BCUT2D eigenvalue weighted by Gasteiger charge is -2.27. The summed E-state index contributed by atoms with van der Waals surface area (Å²) >= 11 is 0. The van der Waals surface area contributed by atoms with Crippen LogP contribution in [0.2, 0.25) is 0 Å². The molecule has 0 amide bonds. The van der Waals surface area contributed by atoms with Gasteiger partial charge in [-0.2, -0.15) is 0 Å². The highest BCUT2D eigenvalue weighted by Crippen LogP contribution is 2.27. The van der Waals surface area contributed by atoms with Crippen molar-refractivity contribution in [3.63, 3.8) is 0 Å². The lowest BCUT2D eigenvalue weighted by molar-refractivity contribution is -0.140. The Morgan fingerprint density at radius 1 is 1.55 bits per heavy atom. The van der Waals surface area contributed by atoms with E-state index in [1.807, 2.05) is 0 Å². The van der Waals surface area contributed by atoms with Gasteiger partial charge in [-0.1, -0.05) is 0 Å². The molecule has 0 bridgehead atoms. The summed E-state index contributed by atoms with van der Waals surface area (Å²) in [4.78, 5) is 0. The zero-order valence-corrected chi connectivity index (χ0v) is 6.87. The van der Waals surface area contributed by atoms with Gasteiger partial charge in [-0.15, -0.1) is 12.4 Å². The number of halogens is 3. The molecule has 2 N–H and O–H groups in total. The molecule has 1 aliphatic rings. The third-order valence-electron chi connectivity index (χ3n) is 1.63. The summed E-state index contributed by atoms with van der Waals surface area (Å²) in [6, 6.07) is 0. The van der Waals surface area contributed by atoms with Gasteiger partial charge < -0.3 is 10.5 Å². The number of hydrogen-bond donors (Lipinski definition) is 1. The second-order valence-electron chi connectivity index (χ2n) is 2.56. The van der Waals surface area contributed by atoms with Crippen molar-refractivity contribution in [3.8, 4) is 0 Å². The molecule has 0 aliphatic carbocycles. The van der Waals surface area contributed by atoms with Crippen LogP contribution in [0.15, 0.2) is 0 Å². The Labute approximate surface area is 70.5 Å². The molecule has 2 nitrogen and oxygen atoms in total. The van der Waals surface area contributed by atoms with Crippen LogP contribution in [0, 0.1) is 0 Å². The van der Waals surface area contributed by atoms with Crippen LogP contribution < -0.4 is 5.73 Å². The third-order valence-corrected chi connectivity index (χ3v) is 1.63. The molecular weight excluding hydrogens is 176 g/mol. The smallest absolute Gasteiger partial charge is 0.271 e. The Balaban J connectivity index is 0.000001000. The van der Waals surface area contributed by atoms with Crippen molar-refractivity contribution in [3.05, 3.63) is 0 Å². The van der Waals surface area contributed by atoms with E-state index in [4.69, 9.17) is 10.5 Å². The van der Waals surface area contributed by atoms with E-state index in [9.17, 15) is 8.78 Å². The van der Waals surface area contributed by atoms with E-state index < -0.39 is 12.5 Å². The van der Waals surface area contributed by atoms with Gasteiger partial charge in [-0.3, -0.25) is 0 Å². The number of alkyl halides is 2. The van der Waals surface area contributed by atoms with Crippen LogP contribution >= 0.6 is 12.4 Å². The highest BCUT2D eigenvalue weighted by Gasteiger charge is 2.35. The molecule has 0 radical (unpaired) electrons. The molecule has 1 rings (SSSR count). The SMILES string of the molecule is Cl.NCC1CCC(F)(F)CO1. The van der Waals surface area contributed by atoms with Crippen molar-refractivity contribution in [1.29, 1.82) is 0 Å². The quantitative estimate of drug-likeness (QED) is 0.669. The van der Waals surface area contributed by atoms with E-state index in [-0.39, 0.29) is 24.9 Å².